The molecule has 15 heavy (non-hydrogen) atoms. The summed E-state index contributed by atoms with van der Waals surface area (Å²) in [6.45, 7) is 10.2. The minimum absolute atomic E-state index is 0.321. The van der Waals surface area contributed by atoms with Crippen molar-refractivity contribution in [3.63, 3.8) is 0 Å². The van der Waals surface area contributed by atoms with Crippen LogP contribution >= 0.6 is 0 Å². The molecule has 0 radical (unpaired) electrons. The summed E-state index contributed by atoms with van der Waals surface area (Å²) >= 11 is 0. The monoisotopic (exact) mass is 212 g/mol. The molecular weight excluding hydrogens is 184 g/mol. The third kappa shape index (κ3) is 4.12. The molecule has 0 aliphatic heterocycles. The molecule has 0 heterocycles. The first-order valence-electron chi connectivity index (χ1n) is 6.39. The van der Waals surface area contributed by atoms with Crippen LogP contribution < -0.4 is 5.73 Å². The largest absolute Gasteiger partial charge is 0.330 e. The molecule has 2 heteroatoms. The van der Waals surface area contributed by atoms with Crippen molar-refractivity contribution < 1.29 is 0 Å². The Morgan fingerprint density at radius 3 is 2.47 bits per heavy atom. The van der Waals surface area contributed by atoms with Crippen LogP contribution in [0.1, 0.15) is 40.0 Å². The van der Waals surface area contributed by atoms with E-state index >= 15 is 0 Å². The molecule has 2 N–H and O–H groups in total. The van der Waals surface area contributed by atoms with Gasteiger partial charge < -0.3 is 10.6 Å². The normalized spacial score (nSPS) is 29.2. The Kier molecular flexibility index (Phi) is 4.60. The van der Waals surface area contributed by atoms with Gasteiger partial charge in [-0.15, -0.1) is 0 Å². The number of nitrogens with two attached hydrogens (primary N) is 1. The number of hydrogen-bond acceptors (Lipinski definition) is 2. The highest BCUT2D eigenvalue weighted by Gasteiger charge is 2.34. The Morgan fingerprint density at radius 1 is 1.47 bits per heavy atom. The Hall–Kier alpha value is -0.0800. The van der Waals surface area contributed by atoms with Crippen LogP contribution in [0, 0.1) is 17.3 Å². The molecule has 0 aromatic rings. The Balaban J connectivity index is 2.30. The molecule has 0 aromatic heterocycles. The van der Waals surface area contributed by atoms with Gasteiger partial charge in [0.2, 0.25) is 0 Å². The highest BCUT2D eigenvalue weighted by atomic mass is 15.1. The molecular formula is C13H28N2. The van der Waals surface area contributed by atoms with Crippen molar-refractivity contribution in [2.24, 2.45) is 23.0 Å². The first kappa shape index (κ1) is 13.0. The summed E-state index contributed by atoms with van der Waals surface area (Å²) in [7, 11) is 2.24. The van der Waals surface area contributed by atoms with E-state index in [0.717, 1.165) is 24.9 Å². The highest BCUT2D eigenvalue weighted by Crippen LogP contribution is 2.38. The molecule has 1 aliphatic rings. The lowest BCUT2D eigenvalue weighted by Gasteiger charge is -2.32. The number of rotatable bonds is 7. The Bertz CT molecular complexity index is 193. The smallest absolute Gasteiger partial charge is 0.00445 e. The van der Waals surface area contributed by atoms with Crippen LogP contribution in [0.5, 0.6) is 0 Å². The summed E-state index contributed by atoms with van der Waals surface area (Å²) in [6.07, 6.45) is 3.91. The van der Waals surface area contributed by atoms with Gasteiger partial charge in [0, 0.05) is 13.1 Å². The lowest BCUT2D eigenvalue weighted by molar-refractivity contribution is 0.178. The third-order valence-corrected chi connectivity index (χ3v) is 3.82. The molecule has 1 rings (SSSR count). The van der Waals surface area contributed by atoms with Crippen molar-refractivity contribution in [3.05, 3.63) is 0 Å². The number of nitrogens with zero attached hydrogens (tertiary/aromatic N) is 1. The van der Waals surface area contributed by atoms with Gasteiger partial charge in [-0.25, -0.2) is 0 Å². The molecule has 3 atom stereocenters. The predicted octanol–water partition coefficient (Wildman–Crippen LogP) is 2.34. The maximum atomic E-state index is 5.89. The van der Waals surface area contributed by atoms with Crippen molar-refractivity contribution >= 4 is 0 Å². The zero-order valence-electron chi connectivity index (χ0n) is 10.9. The summed E-state index contributed by atoms with van der Waals surface area (Å²) in [5.74, 6) is 1.92. The van der Waals surface area contributed by atoms with Gasteiger partial charge in [0.25, 0.3) is 0 Å². The van der Waals surface area contributed by atoms with Crippen molar-refractivity contribution in [2.75, 3.05) is 26.7 Å². The maximum absolute atomic E-state index is 5.89. The average molecular weight is 212 g/mol. The van der Waals surface area contributed by atoms with Crippen LogP contribution in [0.2, 0.25) is 0 Å². The van der Waals surface area contributed by atoms with E-state index in [1.807, 2.05) is 0 Å². The summed E-state index contributed by atoms with van der Waals surface area (Å²) in [4.78, 5) is 2.48. The standard InChI is InChI=1S/C13H28N2/c1-5-6-13(3,9-14)10-15(4)8-12-7-11(12)2/h11-12H,5-10,14H2,1-4H3. The second-order valence-corrected chi connectivity index (χ2v) is 5.93. The molecule has 1 aliphatic carbocycles. The fourth-order valence-electron chi connectivity index (χ4n) is 2.62. The quantitative estimate of drug-likeness (QED) is 0.702. The van der Waals surface area contributed by atoms with Gasteiger partial charge in [-0.05, 0) is 43.7 Å². The molecule has 0 amide bonds. The minimum Gasteiger partial charge on any atom is -0.330 e. The molecule has 0 bridgehead atoms. The predicted molar refractivity (Wildman–Crippen MR) is 66.8 cm³/mol. The van der Waals surface area contributed by atoms with Gasteiger partial charge >= 0.3 is 0 Å². The van der Waals surface area contributed by atoms with E-state index in [0.29, 0.717) is 5.41 Å². The topological polar surface area (TPSA) is 29.3 Å². The van der Waals surface area contributed by atoms with E-state index in [9.17, 15) is 0 Å². The third-order valence-electron chi connectivity index (χ3n) is 3.82. The molecule has 0 spiro atoms. The van der Waals surface area contributed by atoms with Crippen LogP contribution in [-0.2, 0) is 0 Å². The van der Waals surface area contributed by atoms with Gasteiger partial charge in [0.15, 0.2) is 0 Å². The van der Waals surface area contributed by atoms with Crippen LogP contribution in [0.3, 0.4) is 0 Å². The van der Waals surface area contributed by atoms with E-state index < -0.39 is 0 Å². The van der Waals surface area contributed by atoms with Crippen molar-refractivity contribution in [1.82, 2.24) is 4.90 Å². The van der Waals surface area contributed by atoms with E-state index in [4.69, 9.17) is 5.73 Å². The van der Waals surface area contributed by atoms with Crippen LogP contribution in [0.4, 0.5) is 0 Å². The fraction of sp³-hybridized carbons (Fsp3) is 1.00. The SMILES string of the molecule is CCCC(C)(CN)CN(C)CC1CC1C. The van der Waals surface area contributed by atoms with Crippen molar-refractivity contribution in [3.8, 4) is 0 Å². The number of hydrogen-bond donors (Lipinski definition) is 1. The van der Waals surface area contributed by atoms with E-state index in [-0.39, 0.29) is 0 Å². The molecule has 0 aromatic carbocycles. The van der Waals surface area contributed by atoms with Gasteiger partial charge in [-0.2, -0.15) is 0 Å². The zero-order valence-corrected chi connectivity index (χ0v) is 10.9. The van der Waals surface area contributed by atoms with Crippen LogP contribution in [0.15, 0.2) is 0 Å². The first-order chi connectivity index (χ1) is 7.00. The Labute approximate surface area is 95.2 Å². The van der Waals surface area contributed by atoms with E-state index in [1.165, 1.54) is 25.8 Å². The first-order valence-corrected chi connectivity index (χ1v) is 6.39. The maximum Gasteiger partial charge on any atom is 0.00445 e. The second kappa shape index (κ2) is 5.31. The van der Waals surface area contributed by atoms with Gasteiger partial charge in [0.1, 0.15) is 0 Å². The fourth-order valence-corrected chi connectivity index (χ4v) is 2.62. The second-order valence-electron chi connectivity index (χ2n) is 5.93. The zero-order chi connectivity index (χ0) is 11.5. The molecule has 1 saturated carbocycles. The van der Waals surface area contributed by atoms with Crippen molar-refractivity contribution in [1.29, 1.82) is 0 Å². The van der Waals surface area contributed by atoms with E-state index in [2.05, 4.69) is 32.7 Å². The lowest BCUT2D eigenvalue weighted by Crippen LogP contribution is -2.39. The van der Waals surface area contributed by atoms with Gasteiger partial charge in [-0.1, -0.05) is 27.2 Å². The molecule has 0 saturated heterocycles. The molecule has 2 nitrogen and oxygen atoms in total. The van der Waals surface area contributed by atoms with Crippen molar-refractivity contribution in [2.45, 2.75) is 40.0 Å². The summed E-state index contributed by atoms with van der Waals surface area (Å²) in [5.41, 5.74) is 6.21. The highest BCUT2D eigenvalue weighted by molar-refractivity contribution is 4.86. The van der Waals surface area contributed by atoms with Gasteiger partial charge in [0.05, 0.1) is 0 Å². The lowest BCUT2D eigenvalue weighted by atomic mass is 9.85. The molecule has 1 fully saturated rings. The summed E-state index contributed by atoms with van der Waals surface area (Å²) in [5, 5.41) is 0. The molecule has 90 valence electrons. The van der Waals surface area contributed by atoms with Crippen LogP contribution in [0.25, 0.3) is 0 Å². The Morgan fingerprint density at radius 2 is 2.07 bits per heavy atom. The summed E-state index contributed by atoms with van der Waals surface area (Å²) in [6, 6.07) is 0. The average Bonchev–Trinajstić information content (AvgIpc) is 2.81. The summed E-state index contributed by atoms with van der Waals surface area (Å²) < 4.78 is 0. The minimum atomic E-state index is 0.321. The van der Waals surface area contributed by atoms with Gasteiger partial charge in [-0.3, -0.25) is 0 Å². The molecule has 3 unspecified atom stereocenters. The van der Waals surface area contributed by atoms with Crippen LogP contribution in [-0.4, -0.2) is 31.6 Å². The van der Waals surface area contributed by atoms with E-state index in [1.54, 1.807) is 0 Å².